The Kier molecular flexibility index (Phi) is 5.21. The molecule has 0 fully saturated rings. The molecule has 0 amide bonds. The summed E-state index contributed by atoms with van der Waals surface area (Å²) in [7, 11) is 0. The predicted molar refractivity (Wildman–Crippen MR) is 62.4 cm³/mol. The number of hydrogen-bond acceptors (Lipinski definition) is 3. The van der Waals surface area contributed by atoms with E-state index in [4.69, 9.17) is 5.11 Å². The monoisotopic (exact) mass is 225 g/mol. The Morgan fingerprint density at radius 1 is 1.40 bits per heavy atom. The Hall–Kier alpha value is -1.00. The fourth-order valence-electron chi connectivity index (χ4n) is 1.22. The van der Waals surface area contributed by atoms with Gasteiger partial charge in [0.05, 0.1) is 6.54 Å². The van der Waals surface area contributed by atoms with E-state index in [1.807, 2.05) is 6.26 Å². The Labute approximate surface area is 93.9 Å². The smallest absolute Gasteiger partial charge is 0.317 e. The van der Waals surface area contributed by atoms with Crippen LogP contribution in [0.3, 0.4) is 0 Å². The second-order valence-corrected chi connectivity index (χ2v) is 4.05. The van der Waals surface area contributed by atoms with Crippen LogP contribution in [0, 0.1) is 0 Å². The number of nitrogens with one attached hydrogen (secondary N) is 1. The molecular formula is C11H15NO2S. The van der Waals surface area contributed by atoms with Crippen molar-refractivity contribution < 1.29 is 9.90 Å². The average Bonchev–Trinajstić information content (AvgIpc) is 2.25. The van der Waals surface area contributed by atoms with Gasteiger partial charge in [0.2, 0.25) is 0 Å². The van der Waals surface area contributed by atoms with Gasteiger partial charge in [0.15, 0.2) is 0 Å². The summed E-state index contributed by atoms with van der Waals surface area (Å²) in [6.45, 7) is 0.730. The minimum absolute atomic E-state index is 0.0307. The zero-order valence-electron chi connectivity index (χ0n) is 8.69. The summed E-state index contributed by atoms with van der Waals surface area (Å²) < 4.78 is 0. The molecule has 4 heteroatoms. The van der Waals surface area contributed by atoms with Crippen LogP contribution in [-0.2, 0) is 11.2 Å². The van der Waals surface area contributed by atoms with Gasteiger partial charge in [-0.25, -0.2) is 0 Å². The molecule has 1 aromatic rings. The Morgan fingerprint density at radius 2 is 2.07 bits per heavy atom. The van der Waals surface area contributed by atoms with E-state index in [0.29, 0.717) is 6.54 Å². The maximum atomic E-state index is 10.2. The second-order valence-electron chi connectivity index (χ2n) is 3.17. The van der Waals surface area contributed by atoms with E-state index in [9.17, 15) is 4.79 Å². The molecule has 0 bridgehead atoms. The number of hydrogen-bond donors (Lipinski definition) is 2. The molecule has 0 atom stereocenters. The molecule has 0 saturated heterocycles. The summed E-state index contributed by atoms with van der Waals surface area (Å²) in [6, 6.07) is 8.32. The number of carbonyl (C=O) groups is 1. The number of rotatable bonds is 6. The van der Waals surface area contributed by atoms with Gasteiger partial charge in [-0.1, -0.05) is 12.1 Å². The molecule has 0 radical (unpaired) electrons. The van der Waals surface area contributed by atoms with Crippen molar-refractivity contribution in [3.63, 3.8) is 0 Å². The van der Waals surface area contributed by atoms with E-state index in [0.717, 1.165) is 6.42 Å². The number of benzene rings is 1. The third kappa shape index (κ3) is 4.85. The van der Waals surface area contributed by atoms with Crippen molar-refractivity contribution in [1.29, 1.82) is 0 Å². The standard InChI is InChI=1S/C11H15NO2S/c1-15-10-4-2-9(3-5-10)6-7-12-8-11(13)14/h2-5,12H,6-8H2,1H3,(H,13,14). The summed E-state index contributed by atoms with van der Waals surface area (Å²) in [5, 5.41) is 11.3. The van der Waals surface area contributed by atoms with Crippen LogP contribution in [0.1, 0.15) is 5.56 Å². The Balaban J connectivity index is 2.28. The predicted octanol–water partition coefficient (Wildman–Crippen LogP) is 1.63. The lowest BCUT2D eigenvalue weighted by Crippen LogP contribution is -2.24. The number of carboxylic acids is 1. The molecule has 1 aromatic carbocycles. The molecule has 0 spiro atoms. The average molecular weight is 225 g/mol. The van der Waals surface area contributed by atoms with Crippen LogP contribution >= 0.6 is 11.8 Å². The maximum absolute atomic E-state index is 10.2. The van der Waals surface area contributed by atoms with Crippen molar-refractivity contribution in [3.8, 4) is 0 Å². The van der Waals surface area contributed by atoms with Gasteiger partial charge in [-0.3, -0.25) is 4.79 Å². The molecule has 0 heterocycles. The first-order valence-corrected chi connectivity index (χ1v) is 6.00. The normalized spacial score (nSPS) is 10.2. The van der Waals surface area contributed by atoms with Crippen LogP contribution in [0.5, 0.6) is 0 Å². The van der Waals surface area contributed by atoms with Gasteiger partial charge in [-0.15, -0.1) is 11.8 Å². The van der Waals surface area contributed by atoms with Crippen molar-refractivity contribution in [2.45, 2.75) is 11.3 Å². The van der Waals surface area contributed by atoms with Gasteiger partial charge < -0.3 is 10.4 Å². The maximum Gasteiger partial charge on any atom is 0.317 e. The van der Waals surface area contributed by atoms with Crippen LogP contribution in [0.25, 0.3) is 0 Å². The molecule has 0 saturated carbocycles. The van der Waals surface area contributed by atoms with Crippen molar-refractivity contribution in [2.24, 2.45) is 0 Å². The minimum atomic E-state index is -0.812. The number of thioether (sulfide) groups is 1. The molecule has 0 aliphatic heterocycles. The summed E-state index contributed by atoms with van der Waals surface area (Å²) in [5.74, 6) is -0.812. The zero-order chi connectivity index (χ0) is 11.1. The fraction of sp³-hybridized carbons (Fsp3) is 0.364. The fourth-order valence-corrected chi connectivity index (χ4v) is 1.63. The molecule has 0 aromatic heterocycles. The molecule has 1 rings (SSSR count). The van der Waals surface area contributed by atoms with Crippen LogP contribution in [0.2, 0.25) is 0 Å². The molecule has 0 unspecified atom stereocenters. The van der Waals surface area contributed by atoms with E-state index in [-0.39, 0.29) is 6.54 Å². The van der Waals surface area contributed by atoms with E-state index < -0.39 is 5.97 Å². The first-order valence-electron chi connectivity index (χ1n) is 4.78. The summed E-state index contributed by atoms with van der Waals surface area (Å²) in [5.41, 5.74) is 1.23. The summed E-state index contributed by atoms with van der Waals surface area (Å²) in [6.07, 6.45) is 2.91. The van der Waals surface area contributed by atoms with E-state index in [1.54, 1.807) is 11.8 Å². The molecule has 0 aliphatic rings. The molecule has 15 heavy (non-hydrogen) atoms. The molecule has 2 N–H and O–H groups in total. The van der Waals surface area contributed by atoms with Crippen molar-refractivity contribution >= 4 is 17.7 Å². The van der Waals surface area contributed by atoms with Crippen molar-refractivity contribution in [1.82, 2.24) is 5.32 Å². The summed E-state index contributed by atoms with van der Waals surface area (Å²) >= 11 is 1.72. The van der Waals surface area contributed by atoms with Gasteiger partial charge in [-0.05, 0) is 36.9 Å². The van der Waals surface area contributed by atoms with E-state index >= 15 is 0 Å². The Bertz CT molecular complexity index is 311. The highest BCUT2D eigenvalue weighted by Crippen LogP contribution is 2.14. The largest absolute Gasteiger partial charge is 0.480 e. The van der Waals surface area contributed by atoms with Crippen LogP contribution in [0.4, 0.5) is 0 Å². The van der Waals surface area contributed by atoms with Crippen LogP contribution in [0.15, 0.2) is 29.2 Å². The number of aliphatic carboxylic acids is 1. The van der Waals surface area contributed by atoms with Gasteiger partial charge in [-0.2, -0.15) is 0 Å². The molecule has 3 nitrogen and oxygen atoms in total. The van der Waals surface area contributed by atoms with Crippen LogP contribution in [-0.4, -0.2) is 30.4 Å². The van der Waals surface area contributed by atoms with Gasteiger partial charge >= 0.3 is 5.97 Å². The van der Waals surface area contributed by atoms with Crippen molar-refractivity contribution in [3.05, 3.63) is 29.8 Å². The second kappa shape index (κ2) is 6.48. The third-order valence-corrected chi connectivity index (χ3v) is 2.77. The van der Waals surface area contributed by atoms with Gasteiger partial charge in [0.25, 0.3) is 0 Å². The van der Waals surface area contributed by atoms with Crippen LogP contribution < -0.4 is 5.32 Å². The first kappa shape index (κ1) is 12.1. The van der Waals surface area contributed by atoms with Crippen molar-refractivity contribution in [2.75, 3.05) is 19.3 Å². The first-order chi connectivity index (χ1) is 7.22. The van der Waals surface area contributed by atoms with E-state index in [2.05, 4.69) is 29.6 Å². The zero-order valence-corrected chi connectivity index (χ0v) is 9.51. The summed E-state index contributed by atoms with van der Waals surface area (Å²) in [4.78, 5) is 11.5. The van der Waals surface area contributed by atoms with Gasteiger partial charge in [0, 0.05) is 4.90 Å². The molecule has 0 aliphatic carbocycles. The minimum Gasteiger partial charge on any atom is -0.480 e. The SMILES string of the molecule is CSc1ccc(CCNCC(=O)O)cc1. The number of carboxylic acid groups (broad SMARTS) is 1. The van der Waals surface area contributed by atoms with E-state index in [1.165, 1.54) is 10.5 Å². The quantitative estimate of drug-likeness (QED) is 0.570. The van der Waals surface area contributed by atoms with Gasteiger partial charge in [0.1, 0.15) is 0 Å². The molecule has 82 valence electrons. The molecular weight excluding hydrogens is 210 g/mol. The third-order valence-electron chi connectivity index (χ3n) is 2.03. The lowest BCUT2D eigenvalue weighted by atomic mass is 10.1. The Morgan fingerprint density at radius 3 is 2.60 bits per heavy atom. The lowest BCUT2D eigenvalue weighted by Gasteiger charge is -2.03. The highest BCUT2D eigenvalue weighted by atomic mass is 32.2. The highest BCUT2D eigenvalue weighted by Gasteiger charge is 1.96. The highest BCUT2D eigenvalue weighted by molar-refractivity contribution is 7.98. The lowest BCUT2D eigenvalue weighted by molar-refractivity contribution is -0.135. The topological polar surface area (TPSA) is 49.3 Å².